The van der Waals surface area contributed by atoms with E-state index in [9.17, 15) is 9.59 Å². The van der Waals surface area contributed by atoms with Crippen LogP contribution in [0.1, 0.15) is 105 Å². The summed E-state index contributed by atoms with van der Waals surface area (Å²) in [6, 6.07) is 0. The normalized spacial score (nSPS) is 39.0. The molecule has 3 saturated carbocycles. The van der Waals surface area contributed by atoms with Gasteiger partial charge >= 0.3 is 12.1 Å². The Kier molecular flexibility index (Phi) is 7.69. The van der Waals surface area contributed by atoms with Crippen LogP contribution in [0.25, 0.3) is 0 Å². The van der Waals surface area contributed by atoms with Crippen molar-refractivity contribution in [2.45, 2.75) is 111 Å². The number of carboxylic acid groups (broad SMARTS) is 1. The lowest BCUT2D eigenvalue weighted by atomic mass is 9.47. The minimum absolute atomic E-state index is 0.139. The number of allylic oxidation sites excluding steroid dienone is 1. The van der Waals surface area contributed by atoms with Crippen molar-refractivity contribution in [3.63, 3.8) is 0 Å². The van der Waals surface area contributed by atoms with Crippen LogP contribution in [0.5, 0.6) is 0 Å². The van der Waals surface area contributed by atoms with Gasteiger partial charge in [0.15, 0.2) is 0 Å². The second-order valence-electron chi connectivity index (χ2n) is 12.8. The Hall–Kier alpha value is -1.52. The fourth-order valence-electron chi connectivity index (χ4n) is 8.60. The standard InChI is InChI=1S/C29H47NO4/c1-19(2)7-5-6-8-20-10-12-24-23-11-9-21-17-22(34-27(33)30-18-26(31)32)13-15-29(21,4)25(23)14-16-28(20,24)3/h9,19-20,22-25H,5-8,10-18H2,1-4H3,(H,30,33)(H,31,32). The van der Waals surface area contributed by atoms with Gasteiger partial charge in [-0.2, -0.15) is 0 Å². The van der Waals surface area contributed by atoms with Crippen molar-refractivity contribution in [3.8, 4) is 0 Å². The number of carbonyl (C=O) groups excluding carboxylic acids is 1. The van der Waals surface area contributed by atoms with E-state index in [0.29, 0.717) is 5.41 Å². The average Bonchev–Trinajstić information content (AvgIpc) is 3.11. The first-order valence-electron chi connectivity index (χ1n) is 14.0. The number of carbonyl (C=O) groups is 2. The molecule has 0 radical (unpaired) electrons. The molecule has 0 aromatic heterocycles. The van der Waals surface area contributed by atoms with Crippen LogP contribution in [0, 0.1) is 40.4 Å². The second kappa shape index (κ2) is 10.2. The first-order chi connectivity index (χ1) is 16.1. The molecule has 7 unspecified atom stereocenters. The highest BCUT2D eigenvalue weighted by Crippen LogP contribution is 2.66. The van der Waals surface area contributed by atoms with Crippen LogP contribution in [-0.4, -0.2) is 29.8 Å². The highest BCUT2D eigenvalue weighted by Gasteiger charge is 2.58. The molecule has 7 atom stereocenters. The zero-order valence-corrected chi connectivity index (χ0v) is 21.9. The van der Waals surface area contributed by atoms with Gasteiger partial charge in [-0.15, -0.1) is 0 Å². The number of carboxylic acids is 1. The zero-order chi connectivity index (χ0) is 24.5. The van der Waals surface area contributed by atoms with Crippen LogP contribution >= 0.6 is 0 Å². The molecule has 0 aliphatic heterocycles. The van der Waals surface area contributed by atoms with Gasteiger partial charge in [0.05, 0.1) is 0 Å². The molecule has 4 aliphatic carbocycles. The molecule has 0 aromatic rings. The Morgan fingerprint density at radius 1 is 1.12 bits per heavy atom. The third kappa shape index (κ3) is 5.04. The molecule has 0 aromatic carbocycles. The molecule has 4 rings (SSSR count). The molecule has 34 heavy (non-hydrogen) atoms. The summed E-state index contributed by atoms with van der Waals surface area (Å²) in [6.45, 7) is 9.41. The van der Waals surface area contributed by atoms with Crippen LogP contribution in [0.15, 0.2) is 11.6 Å². The molecule has 0 saturated heterocycles. The number of fused-ring (bicyclic) bond motifs is 5. The summed E-state index contributed by atoms with van der Waals surface area (Å²) < 4.78 is 5.58. The Balaban J connectivity index is 1.38. The van der Waals surface area contributed by atoms with Gasteiger partial charge in [0.1, 0.15) is 12.6 Å². The van der Waals surface area contributed by atoms with E-state index >= 15 is 0 Å². The van der Waals surface area contributed by atoms with Crippen molar-refractivity contribution >= 4 is 12.1 Å². The SMILES string of the molecule is CC(C)CCCCC1CCC2C3CC=C4CC(OC(=O)NCC(=O)O)CCC4(C)C3CCC12C. The van der Waals surface area contributed by atoms with Crippen molar-refractivity contribution in [1.82, 2.24) is 5.32 Å². The van der Waals surface area contributed by atoms with Crippen LogP contribution in [0.4, 0.5) is 4.79 Å². The van der Waals surface area contributed by atoms with Gasteiger partial charge in [-0.25, -0.2) is 4.79 Å². The lowest BCUT2D eigenvalue weighted by Crippen LogP contribution is -2.50. The number of ether oxygens (including phenoxy) is 1. The van der Waals surface area contributed by atoms with Gasteiger partial charge in [0.2, 0.25) is 0 Å². The number of hydrogen-bond donors (Lipinski definition) is 2. The van der Waals surface area contributed by atoms with E-state index in [1.165, 1.54) is 63.4 Å². The minimum atomic E-state index is -1.05. The minimum Gasteiger partial charge on any atom is -0.480 e. The summed E-state index contributed by atoms with van der Waals surface area (Å²) >= 11 is 0. The quantitative estimate of drug-likeness (QED) is 0.295. The summed E-state index contributed by atoms with van der Waals surface area (Å²) in [7, 11) is 0. The molecular weight excluding hydrogens is 426 g/mol. The van der Waals surface area contributed by atoms with Crippen molar-refractivity contribution in [1.29, 1.82) is 0 Å². The molecule has 0 heterocycles. The average molecular weight is 474 g/mol. The Morgan fingerprint density at radius 2 is 1.91 bits per heavy atom. The fraction of sp³-hybridized carbons (Fsp3) is 0.862. The fourth-order valence-corrected chi connectivity index (χ4v) is 8.60. The number of rotatable bonds is 8. The van der Waals surface area contributed by atoms with Gasteiger partial charge in [0, 0.05) is 6.42 Å². The zero-order valence-electron chi connectivity index (χ0n) is 21.9. The van der Waals surface area contributed by atoms with E-state index in [-0.39, 0.29) is 11.5 Å². The number of hydrogen-bond acceptors (Lipinski definition) is 3. The first-order valence-corrected chi connectivity index (χ1v) is 14.0. The van der Waals surface area contributed by atoms with Crippen LogP contribution < -0.4 is 5.32 Å². The van der Waals surface area contributed by atoms with E-state index in [2.05, 4.69) is 39.1 Å². The Morgan fingerprint density at radius 3 is 2.65 bits per heavy atom. The summed E-state index contributed by atoms with van der Waals surface area (Å²) in [5, 5.41) is 11.1. The third-order valence-electron chi connectivity index (χ3n) is 10.5. The van der Waals surface area contributed by atoms with E-state index in [4.69, 9.17) is 9.84 Å². The van der Waals surface area contributed by atoms with Crippen molar-refractivity contribution in [3.05, 3.63) is 11.6 Å². The largest absolute Gasteiger partial charge is 0.480 e. The number of nitrogens with one attached hydrogen (secondary N) is 1. The van der Waals surface area contributed by atoms with E-state index in [1.807, 2.05) is 0 Å². The van der Waals surface area contributed by atoms with Crippen molar-refractivity contribution in [2.24, 2.45) is 40.4 Å². The van der Waals surface area contributed by atoms with Gasteiger partial charge in [0.25, 0.3) is 0 Å². The molecule has 2 N–H and O–H groups in total. The van der Waals surface area contributed by atoms with Crippen LogP contribution in [0.2, 0.25) is 0 Å². The molecule has 4 aliphatic rings. The van der Waals surface area contributed by atoms with Gasteiger partial charge in [-0.05, 0) is 91.8 Å². The third-order valence-corrected chi connectivity index (χ3v) is 10.5. The lowest BCUT2D eigenvalue weighted by molar-refractivity contribution is -0.135. The molecule has 5 nitrogen and oxygen atoms in total. The molecular formula is C29H47NO4. The maximum absolute atomic E-state index is 12.0. The highest BCUT2D eigenvalue weighted by molar-refractivity contribution is 5.76. The van der Waals surface area contributed by atoms with Gasteiger partial charge in [-0.3, -0.25) is 4.79 Å². The maximum atomic E-state index is 12.0. The summed E-state index contributed by atoms with van der Waals surface area (Å²) in [4.78, 5) is 22.7. The summed E-state index contributed by atoms with van der Waals surface area (Å²) in [6.07, 6.45) is 16.9. The van der Waals surface area contributed by atoms with E-state index in [1.54, 1.807) is 0 Å². The Bertz CT molecular complexity index is 791. The second-order valence-corrected chi connectivity index (χ2v) is 12.8. The predicted molar refractivity (Wildman–Crippen MR) is 134 cm³/mol. The number of amides is 1. The number of unbranched alkanes of at least 4 members (excludes halogenated alkanes) is 1. The molecule has 192 valence electrons. The Labute approximate surface area is 206 Å². The van der Waals surface area contributed by atoms with Gasteiger partial charge < -0.3 is 15.2 Å². The maximum Gasteiger partial charge on any atom is 0.407 e. The van der Waals surface area contributed by atoms with Crippen molar-refractivity contribution in [2.75, 3.05) is 6.54 Å². The van der Waals surface area contributed by atoms with Crippen LogP contribution in [-0.2, 0) is 9.53 Å². The molecule has 0 bridgehead atoms. The molecule has 3 fully saturated rings. The topological polar surface area (TPSA) is 75.6 Å². The number of alkyl carbamates (subject to hydrolysis) is 1. The van der Waals surface area contributed by atoms with E-state index < -0.39 is 18.6 Å². The highest BCUT2D eigenvalue weighted by atomic mass is 16.6. The summed E-state index contributed by atoms with van der Waals surface area (Å²) in [5.74, 6) is 3.12. The first kappa shape index (κ1) is 25.6. The van der Waals surface area contributed by atoms with Crippen molar-refractivity contribution < 1.29 is 19.4 Å². The molecule has 1 amide bonds. The van der Waals surface area contributed by atoms with Gasteiger partial charge in [-0.1, -0.05) is 58.6 Å². The van der Waals surface area contributed by atoms with Crippen LogP contribution in [0.3, 0.4) is 0 Å². The molecule has 0 spiro atoms. The molecule has 5 heteroatoms. The smallest absolute Gasteiger partial charge is 0.407 e. The lowest BCUT2D eigenvalue weighted by Gasteiger charge is -2.58. The number of aliphatic carboxylic acids is 1. The predicted octanol–water partition coefficient (Wildman–Crippen LogP) is 6.96. The van der Waals surface area contributed by atoms with E-state index in [0.717, 1.165) is 48.9 Å². The summed E-state index contributed by atoms with van der Waals surface area (Å²) in [5.41, 5.74) is 2.25. The monoisotopic (exact) mass is 473 g/mol.